The monoisotopic (exact) mass is 252 g/mol. The highest BCUT2D eigenvalue weighted by molar-refractivity contribution is 5.90. The van der Waals surface area contributed by atoms with Crippen molar-refractivity contribution < 1.29 is 9.53 Å². The van der Waals surface area contributed by atoms with Crippen LogP contribution in [0.4, 0.5) is 0 Å². The number of ether oxygens (including phenoxy) is 1. The first kappa shape index (κ1) is 13.1. The molecule has 2 aromatic rings. The maximum atomic E-state index is 11.7. The third kappa shape index (κ3) is 2.91. The maximum Gasteiger partial charge on any atom is 0.338 e. The normalized spacial score (nSPS) is 10.0. The van der Waals surface area contributed by atoms with Gasteiger partial charge in [-0.15, -0.1) is 0 Å². The van der Waals surface area contributed by atoms with Crippen LogP contribution in [0.3, 0.4) is 0 Å². The first-order valence-corrected chi connectivity index (χ1v) is 6.12. The predicted molar refractivity (Wildman–Crippen MR) is 77.1 cm³/mol. The Morgan fingerprint density at radius 3 is 2.21 bits per heavy atom. The summed E-state index contributed by atoms with van der Waals surface area (Å²) in [6, 6.07) is 15.5. The topological polar surface area (TPSA) is 26.3 Å². The molecule has 0 N–H and O–H groups in total. The van der Waals surface area contributed by atoms with E-state index in [1.54, 1.807) is 13.0 Å². The number of hydrogen-bond donors (Lipinski definition) is 0. The first-order chi connectivity index (χ1) is 9.09. The fraction of sp³-hybridized carbons (Fsp3) is 0.118. The van der Waals surface area contributed by atoms with Crippen LogP contribution in [0, 0.1) is 6.92 Å². The van der Waals surface area contributed by atoms with E-state index >= 15 is 0 Å². The van der Waals surface area contributed by atoms with Gasteiger partial charge in [0.2, 0.25) is 0 Å². The lowest BCUT2D eigenvalue weighted by Crippen LogP contribution is -2.09. The van der Waals surface area contributed by atoms with Gasteiger partial charge in [-0.2, -0.15) is 0 Å². The number of aryl methyl sites for hydroxylation is 1. The van der Waals surface area contributed by atoms with E-state index in [0.717, 1.165) is 16.7 Å². The third-order valence-electron chi connectivity index (χ3n) is 2.87. The summed E-state index contributed by atoms with van der Waals surface area (Å²) < 4.78 is 5.38. The summed E-state index contributed by atoms with van der Waals surface area (Å²) in [5.41, 5.74) is 3.50. The highest BCUT2D eigenvalue weighted by Crippen LogP contribution is 2.32. The largest absolute Gasteiger partial charge is 0.423 e. The molecule has 0 fully saturated rings. The van der Waals surface area contributed by atoms with E-state index in [4.69, 9.17) is 4.74 Å². The maximum absolute atomic E-state index is 11.7. The summed E-state index contributed by atoms with van der Waals surface area (Å²) in [4.78, 5) is 11.7. The Bertz CT molecular complexity index is 627. The van der Waals surface area contributed by atoms with Crippen molar-refractivity contribution in [1.82, 2.24) is 0 Å². The Hall–Kier alpha value is -2.35. The van der Waals surface area contributed by atoms with Gasteiger partial charge in [-0.3, -0.25) is 0 Å². The quantitative estimate of drug-likeness (QED) is 0.466. The second kappa shape index (κ2) is 5.53. The van der Waals surface area contributed by atoms with Crippen molar-refractivity contribution in [3.63, 3.8) is 0 Å². The van der Waals surface area contributed by atoms with Gasteiger partial charge < -0.3 is 4.74 Å². The molecule has 0 aromatic heterocycles. The van der Waals surface area contributed by atoms with Crippen LogP contribution in [0.5, 0.6) is 5.75 Å². The van der Waals surface area contributed by atoms with Crippen LogP contribution < -0.4 is 4.74 Å². The predicted octanol–water partition coefficient (Wildman–Crippen LogP) is 4.14. The van der Waals surface area contributed by atoms with E-state index in [2.05, 4.69) is 6.58 Å². The highest BCUT2D eigenvalue weighted by atomic mass is 16.5. The van der Waals surface area contributed by atoms with Crippen molar-refractivity contribution in [2.24, 2.45) is 0 Å². The van der Waals surface area contributed by atoms with Crippen molar-refractivity contribution in [2.45, 2.75) is 13.8 Å². The molecule has 0 heterocycles. The summed E-state index contributed by atoms with van der Waals surface area (Å²) in [6.45, 7) is 7.27. The van der Waals surface area contributed by atoms with Crippen LogP contribution in [0.25, 0.3) is 11.1 Å². The van der Waals surface area contributed by atoms with Gasteiger partial charge in [0.1, 0.15) is 5.75 Å². The molecule has 0 aliphatic rings. The molecule has 0 saturated carbocycles. The molecule has 2 aromatic carbocycles. The number of esters is 1. The fourth-order valence-electron chi connectivity index (χ4n) is 1.84. The molecule has 96 valence electrons. The second-order valence-electron chi connectivity index (χ2n) is 4.48. The van der Waals surface area contributed by atoms with Crippen molar-refractivity contribution in [1.29, 1.82) is 0 Å². The lowest BCUT2D eigenvalue weighted by atomic mass is 10.00. The summed E-state index contributed by atoms with van der Waals surface area (Å²) in [6.07, 6.45) is 0. The third-order valence-corrected chi connectivity index (χ3v) is 2.87. The molecule has 0 spiro atoms. The van der Waals surface area contributed by atoms with Crippen molar-refractivity contribution in [3.8, 4) is 16.9 Å². The average Bonchev–Trinajstić information content (AvgIpc) is 2.40. The van der Waals surface area contributed by atoms with Crippen LogP contribution in [0.1, 0.15) is 12.5 Å². The summed E-state index contributed by atoms with van der Waals surface area (Å²) in [7, 11) is 0. The SMILES string of the molecule is C=C(C)C(=O)Oc1ccccc1-c1ccccc1C. The zero-order chi connectivity index (χ0) is 13.8. The fourth-order valence-corrected chi connectivity index (χ4v) is 1.84. The zero-order valence-corrected chi connectivity index (χ0v) is 11.1. The van der Waals surface area contributed by atoms with E-state index in [1.807, 2.05) is 49.4 Å². The Morgan fingerprint density at radius 2 is 1.58 bits per heavy atom. The van der Waals surface area contributed by atoms with Crippen molar-refractivity contribution >= 4 is 5.97 Å². The average molecular weight is 252 g/mol. The van der Waals surface area contributed by atoms with Crippen LogP contribution in [-0.4, -0.2) is 5.97 Å². The lowest BCUT2D eigenvalue weighted by Gasteiger charge is -2.11. The standard InChI is InChI=1S/C17H16O2/c1-12(2)17(18)19-16-11-7-6-10-15(16)14-9-5-4-8-13(14)3/h4-11H,1H2,2-3H3. The van der Waals surface area contributed by atoms with Gasteiger partial charge in [0.15, 0.2) is 0 Å². The smallest absolute Gasteiger partial charge is 0.338 e. The van der Waals surface area contributed by atoms with Crippen LogP contribution in [-0.2, 0) is 4.79 Å². The van der Waals surface area contributed by atoms with Gasteiger partial charge in [0.05, 0.1) is 0 Å². The highest BCUT2D eigenvalue weighted by Gasteiger charge is 2.11. The van der Waals surface area contributed by atoms with Gasteiger partial charge in [-0.25, -0.2) is 4.79 Å². The van der Waals surface area contributed by atoms with E-state index < -0.39 is 5.97 Å². The van der Waals surface area contributed by atoms with Crippen molar-refractivity contribution in [2.75, 3.05) is 0 Å². The van der Waals surface area contributed by atoms with Crippen LogP contribution in [0.2, 0.25) is 0 Å². The minimum atomic E-state index is -0.402. The van der Waals surface area contributed by atoms with Crippen LogP contribution >= 0.6 is 0 Å². The van der Waals surface area contributed by atoms with E-state index in [0.29, 0.717) is 11.3 Å². The molecule has 0 atom stereocenters. The lowest BCUT2D eigenvalue weighted by molar-refractivity contribution is -0.130. The van der Waals surface area contributed by atoms with E-state index in [9.17, 15) is 4.79 Å². The summed E-state index contributed by atoms with van der Waals surface area (Å²) in [5, 5.41) is 0. The molecule has 2 rings (SSSR count). The number of benzene rings is 2. The van der Waals surface area contributed by atoms with Gasteiger partial charge in [-0.05, 0) is 31.0 Å². The van der Waals surface area contributed by atoms with Gasteiger partial charge in [0.25, 0.3) is 0 Å². The summed E-state index contributed by atoms with van der Waals surface area (Å²) >= 11 is 0. The van der Waals surface area contributed by atoms with Gasteiger partial charge >= 0.3 is 5.97 Å². The second-order valence-corrected chi connectivity index (χ2v) is 4.48. The molecule has 2 nitrogen and oxygen atoms in total. The molecule has 19 heavy (non-hydrogen) atoms. The number of carbonyl (C=O) groups excluding carboxylic acids is 1. The number of para-hydroxylation sites is 1. The minimum absolute atomic E-state index is 0.389. The Labute approximate surface area is 113 Å². The van der Waals surface area contributed by atoms with Gasteiger partial charge in [-0.1, -0.05) is 49.0 Å². The first-order valence-electron chi connectivity index (χ1n) is 6.12. The number of rotatable bonds is 3. The number of carbonyl (C=O) groups is 1. The molecule has 0 bridgehead atoms. The van der Waals surface area contributed by atoms with Gasteiger partial charge in [0, 0.05) is 11.1 Å². The molecule has 0 radical (unpaired) electrons. The zero-order valence-electron chi connectivity index (χ0n) is 11.1. The van der Waals surface area contributed by atoms with Crippen LogP contribution in [0.15, 0.2) is 60.7 Å². The molecule has 0 amide bonds. The Balaban J connectivity index is 2.45. The molecular weight excluding hydrogens is 236 g/mol. The number of hydrogen-bond acceptors (Lipinski definition) is 2. The summed E-state index contributed by atoms with van der Waals surface area (Å²) in [5.74, 6) is 0.158. The Kier molecular flexibility index (Phi) is 3.81. The molecular formula is C17H16O2. The molecule has 0 saturated heterocycles. The van der Waals surface area contributed by atoms with E-state index in [-0.39, 0.29) is 0 Å². The minimum Gasteiger partial charge on any atom is -0.423 e. The molecule has 0 aliphatic heterocycles. The molecule has 0 unspecified atom stereocenters. The Morgan fingerprint density at radius 1 is 1.00 bits per heavy atom. The van der Waals surface area contributed by atoms with E-state index in [1.165, 1.54) is 0 Å². The molecule has 2 heteroatoms. The van der Waals surface area contributed by atoms with Crippen molar-refractivity contribution in [3.05, 3.63) is 66.2 Å². The molecule has 0 aliphatic carbocycles.